The maximum Gasteiger partial charge on any atom is 0.340 e. The van der Waals surface area contributed by atoms with Crippen LogP contribution in [0.15, 0.2) is 18.2 Å². The second-order valence-electron chi connectivity index (χ2n) is 3.98. The molecule has 1 aliphatic carbocycles. The molecule has 0 spiro atoms. The molecule has 1 aliphatic rings. The molecule has 0 aromatic heterocycles. The van der Waals surface area contributed by atoms with E-state index < -0.39 is 5.97 Å². The van der Waals surface area contributed by atoms with Gasteiger partial charge in [0.2, 0.25) is 5.91 Å². The van der Waals surface area contributed by atoms with Gasteiger partial charge in [0.25, 0.3) is 0 Å². The molecule has 1 amide bonds. The Morgan fingerprint density at radius 2 is 2.12 bits per heavy atom. The van der Waals surface area contributed by atoms with Gasteiger partial charge in [-0.2, -0.15) is 0 Å². The first-order valence-electron chi connectivity index (χ1n) is 5.34. The van der Waals surface area contributed by atoms with Gasteiger partial charge in [0.15, 0.2) is 0 Å². The van der Waals surface area contributed by atoms with Crippen LogP contribution in [0.2, 0.25) is 0 Å². The average molecular weight is 235 g/mol. The van der Waals surface area contributed by atoms with Gasteiger partial charge in [0, 0.05) is 5.92 Å². The van der Waals surface area contributed by atoms with Crippen molar-refractivity contribution in [3.63, 3.8) is 0 Å². The average Bonchev–Trinajstić information content (AvgIpc) is 3.14. The van der Waals surface area contributed by atoms with Crippen LogP contribution in [0.4, 0.5) is 5.69 Å². The summed E-state index contributed by atoms with van der Waals surface area (Å²) < 4.78 is 4.59. The van der Waals surface area contributed by atoms with E-state index in [0.29, 0.717) is 5.69 Å². The molecular weight excluding hydrogens is 222 g/mol. The Kier molecular flexibility index (Phi) is 2.99. The van der Waals surface area contributed by atoms with Crippen molar-refractivity contribution in [1.29, 1.82) is 0 Å². The van der Waals surface area contributed by atoms with E-state index in [4.69, 9.17) is 0 Å². The number of benzene rings is 1. The molecule has 90 valence electrons. The molecule has 0 heterocycles. The largest absolute Gasteiger partial charge is 0.508 e. The van der Waals surface area contributed by atoms with Crippen molar-refractivity contribution in [2.24, 2.45) is 5.92 Å². The van der Waals surface area contributed by atoms with E-state index in [0.717, 1.165) is 12.8 Å². The van der Waals surface area contributed by atoms with Crippen LogP contribution in [0.1, 0.15) is 23.2 Å². The first-order valence-corrected chi connectivity index (χ1v) is 5.34. The number of anilines is 1. The number of phenolic OH excluding ortho intramolecular Hbond substituents is 1. The second-order valence-corrected chi connectivity index (χ2v) is 3.98. The lowest BCUT2D eigenvalue weighted by Gasteiger charge is -2.09. The number of carbonyl (C=O) groups is 2. The second kappa shape index (κ2) is 4.45. The molecule has 2 N–H and O–H groups in total. The molecule has 0 atom stereocenters. The first-order chi connectivity index (χ1) is 8.11. The van der Waals surface area contributed by atoms with Crippen LogP contribution in [-0.4, -0.2) is 24.1 Å². The zero-order chi connectivity index (χ0) is 12.4. The van der Waals surface area contributed by atoms with E-state index in [-0.39, 0.29) is 23.1 Å². The molecule has 0 bridgehead atoms. The summed E-state index contributed by atoms with van der Waals surface area (Å²) in [5.41, 5.74) is 0.521. The number of amides is 1. The van der Waals surface area contributed by atoms with Crippen molar-refractivity contribution in [2.75, 3.05) is 12.4 Å². The summed E-state index contributed by atoms with van der Waals surface area (Å²) in [5, 5.41) is 12.0. The van der Waals surface area contributed by atoms with Crippen molar-refractivity contribution >= 4 is 17.6 Å². The summed E-state index contributed by atoms with van der Waals surface area (Å²) in [4.78, 5) is 23.1. The van der Waals surface area contributed by atoms with E-state index in [1.807, 2.05) is 0 Å². The van der Waals surface area contributed by atoms with Crippen molar-refractivity contribution in [3.8, 4) is 5.75 Å². The van der Waals surface area contributed by atoms with Gasteiger partial charge in [0.05, 0.1) is 18.4 Å². The fraction of sp³-hybridized carbons (Fsp3) is 0.333. The summed E-state index contributed by atoms with van der Waals surface area (Å²) >= 11 is 0. The Bertz CT molecular complexity index is 466. The lowest BCUT2D eigenvalue weighted by atomic mass is 10.1. The summed E-state index contributed by atoms with van der Waals surface area (Å²) in [7, 11) is 1.25. The van der Waals surface area contributed by atoms with E-state index in [1.165, 1.54) is 25.3 Å². The molecule has 0 unspecified atom stereocenters. The van der Waals surface area contributed by atoms with Crippen LogP contribution in [0.5, 0.6) is 5.75 Å². The number of rotatable bonds is 3. The van der Waals surface area contributed by atoms with Gasteiger partial charge in [-0.05, 0) is 31.0 Å². The minimum Gasteiger partial charge on any atom is -0.508 e. The van der Waals surface area contributed by atoms with Gasteiger partial charge < -0.3 is 15.2 Å². The molecular formula is C12H13NO4. The Morgan fingerprint density at radius 3 is 2.71 bits per heavy atom. The fourth-order valence-corrected chi connectivity index (χ4v) is 1.50. The van der Waals surface area contributed by atoms with Gasteiger partial charge in [0.1, 0.15) is 5.75 Å². The van der Waals surface area contributed by atoms with E-state index >= 15 is 0 Å². The zero-order valence-electron chi connectivity index (χ0n) is 9.40. The number of nitrogens with one attached hydrogen (secondary N) is 1. The molecule has 0 radical (unpaired) electrons. The van der Waals surface area contributed by atoms with Crippen LogP contribution in [0, 0.1) is 5.92 Å². The maximum atomic E-state index is 11.6. The number of aromatic hydroxyl groups is 1. The number of methoxy groups -OCH3 is 1. The number of carbonyl (C=O) groups excluding carboxylic acids is 2. The van der Waals surface area contributed by atoms with Gasteiger partial charge in [-0.1, -0.05) is 0 Å². The third-order valence-corrected chi connectivity index (χ3v) is 2.61. The van der Waals surface area contributed by atoms with Gasteiger partial charge in [-0.15, -0.1) is 0 Å². The lowest BCUT2D eigenvalue weighted by molar-refractivity contribution is -0.117. The van der Waals surface area contributed by atoms with Gasteiger partial charge in [-0.25, -0.2) is 4.79 Å². The molecule has 1 fully saturated rings. The molecule has 5 heteroatoms. The summed E-state index contributed by atoms with van der Waals surface area (Å²) in [5.74, 6) is -0.683. The summed E-state index contributed by atoms with van der Waals surface area (Å²) in [6.45, 7) is 0. The minimum atomic E-state index is -0.591. The predicted molar refractivity (Wildman–Crippen MR) is 60.8 cm³/mol. The molecule has 0 saturated heterocycles. The van der Waals surface area contributed by atoms with Crippen LogP contribution in [0.3, 0.4) is 0 Å². The number of phenols is 1. The molecule has 1 saturated carbocycles. The fourth-order valence-electron chi connectivity index (χ4n) is 1.50. The first kappa shape index (κ1) is 11.4. The highest BCUT2D eigenvalue weighted by Crippen LogP contribution is 2.31. The van der Waals surface area contributed by atoms with Crippen LogP contribution < -0.4 is 5.32 Å². The predicted octanol–water partition coefficient (Wildman–Crippen LogP) is 1.53. The summed E-state index contributed by atoms with van der Waals surface area (Å²) in [6.07, 6.45) is 1.77. The smallest absolute Gasteiger partial charge is 0.340 e. The molecule has 5 nitrogen and oxygen atoms in total. The van der Waals surface area contributed by atoms with Crippen LogP contribution in [-0.2, 0) is 9.53 Å². The minimum absolute atomic E-state index is 0.0465. The van der Waals surface area contributed by atoms with Crippen LogP contribution in [0.25, 0.3) is 0 Å². The molecule has 1 aromatic rings. The monoisotopic (exact) mass is 235 g/mol. The Labute approximate surface area is 98.4 Å². The Morgan fingerprint density at radius 1 is 1.41 bits per heavy atom. The SMILES string of the molecule is COC(=O)c1cc(O)ccc1NC(=O)C1CC1. The quantitative estimate of drug-likeness (QED) is 0.615. The Hall–Kier alpha value is -2.04. The molecule has 0 aliphatic heterocycles. The Balaban J connectivity index is 2.25. The third-order valence-electron chi connectivity index (χ3n) is 2.61. The van der Waals surface area contributed by atoms with Gasteiger partial charge >= 0.3 is 5.97 Å². The van der Waals surface area contributed by atoms with Crippen LogP contribution >= 0.6 is 0 Å². The van der Waals surface area contributed by atoms with Crippen molar-refractivity contribution in [3.05, 3.63) is 23.8 Å². The molecule has 2 rings (SSSR count). The highest BCUT2D eigenvalue weighted by molar-refractivity contribution is 6.02. The van der Waals surface area contributed by atoms with Crippen molar-refractivity contribution in [2.45, 2.75) is 12.8 Å². The lowest BCUT2D eigenvalue weighted by Crippen LogP contribution is -2.16. The van der Waals surface area contributed by atoms with Crippen molar-refractivity contribution < 1.29 is 19.4 Å². The third kappa shape index (κ3) is 2.55. The maximum absolute atomic E-state index is 11.6. The van der Waals surface area contributed by atoms with Gasteiger partial charge in [-0.3, -0.25) is 4.79 Å². The number of hydrogen-bond acceptors (Lipinski definition) is 4. The zero-order valence-corrected chi connectivity index (χ0v) is 9.40. The van der Waals surface area contributed by atoms with Crippen molar-refractivity contribution in [1.82, 2.24) is 0 Å². The standard InChI is InChI=1S/C12H13NO4/c1-17-12(16)9-6-8(14)4-5-10(9)13-11(15)7-2-3-7/h4-7,14H,2-3H2,1H3,(H,13,15). The highest BCUT2D eigenvalue weighted by Gasteiger charge is 2.30. The van der Waals surface area contributed by atoms with E-state index in [1.54, 1.807) is 0 Å². The van der Waals surface area contributed by atoms with E-state index in [2.05, 4.69) is 10.1 Å². The topological polar surface area (TPSA) is 75.6 Å². The summed E-state index contributed by atoms with van der Waals surface area (Å²) in [6, 6.07) is 4.17. The number of ether oxygens (including phenoxy) is 1. The number of esters is 1. The molecule has 1 aromatic carbocycles. The molecule has 17 heavy (non-hydrogen) atoms. The van der Waals surface area contributed by atoms with E-state index in [9.17, 15) is 14.7 Å². The number of hydrogen-bond donors (Lipinski definition) is 2. The highest BCUT2D eigenvalue weighted by atomic mass is 16.5. The normalized spacial score (nSPS) is 14.2.